The summed E-state index contributed by atoms with van der Waals surface area (Å²) in [6, 6.07) is 11.4. The molecule has 0 spiro atoms. The van der Waals surface area contributed by atoms with Crippen molar-refractivity contribution < 1.29 is 15.0 Å². The van der Waals surface area contributed by atoms with Gasteiger partial charge in [0.1, 0.15) is 5.82 Å². The molecule has 0 radical (unpaired) electrons. The normalized spacial score (nSPS) is 12.7. The summed E-state index contributed by atoms with van der Waals surface area (Å²) in [5, 5.41) is 25.5. The minimum Gasteiger partial charge on any atom is -0.395 e. The zero-order valence-electron chi connectivity index (χ0n) is 16.4. The zero-order chi connectivity index (χ0) is 22.4. The lowest BCUT2D eigenvalue weighted by molar-refractivity contribution is 0.0631. The van der Waals surface area contributed by atoms with E-state index in [1.165, 1.54) is 12.3 Å². The van der Waals surface area contributed by atoms with Gasteiger partial charge >= 0.3 is 0 Å². The van der Waals surface area contributed by atoms with Gasteiger partial charge in [-0.3, -0.25) is 4.79 Å². The first-order valence-corrected chi connectivity index (χ1v) is 9.97. The number of benzene rings is 1. The maximum atomic E-state index is 12.4. The number of carbonyl (C=O) groups is 1. The fourth-order valence-electron chi connectivity index (χ4n) is 2.67. The van der Waals surface area contributed by atoms with Crippen LogP contribution < -0.4 is 16.0 Å². The molecule has 31 heavy (non-hydrogen) atoms. The Kier molecular flexibility index (Phi) is 7.24. The summed E-state index contributed by atoms with van der Waals surface area (Å²) in [6.07, 6.45) is 1.38. The summed E-state index contributed by atoms with van der Waals surface area (Å²) in [5.41, 5.74) is 1.01. The number of aromatic nitrogens is 3. The van der Waals surface area contributed by atoms with Crippen LogP contribution in [-0.4, -0.2) is 44.2 Å². The van der Waals surface area contributed by atoms with Crippen molar-refractivity contribution in [1.82, 2.24) is 20.3 Å². The van der Waals surface area contributed by atoms with Gasteiger partial charge in [-0.15, -0.1) is 0 Å². The van der Waals surface area contributed by atoms with E-state index in [4.69, 9.17) is 28.3 Å². The number of anilines is 3. The van der Waals surface area contributed by atoms with Crippen LogP contribution in [0.3, 0.4) is 0 Å². The van der Waals surface area contributed by atoms with Crippen LogP contribution in [0.4, 0.5) is 17.6 Å². The Hall–Kier alpha value is -2.98. The van der Waals surface area contributed by atoms with Crippen LogP contribution in [-0.2, 0) is 5.18 Å². The van der Waals surface area contributed by atoms with Gasteiger partial charge in [-0.1, -0.05) is 41.4 Å². The molecule has 0 saturated heterocycles. The van der Waals surface area contributed by atoms with E-state index in [1.54, 1.807) is 43.3 Å². The molecule has 3 aromatic rings. The van der Waals surface area contributed by atoms with Gasteiger partial charge in [-0.05, 0) is 25.1 Å². The molecule has 0 saturated carbocycles. The van der Waals surface area contributed by atoms with Crippen LogP contribution >= 0.6 is 23.2 Å². The Balaban J connectivity index is 1.84. The Morgan fingerprint density at radius 1 is 1.19 bits per heavy atom. The van der Waals surface area contributed by atoms with Crippen LogP contribution in [0.2, 0.25) is 5.02 Å². The average molecular weight is 463 g/mol. The maximum Gasteiger partial charge on any atom is 0.254 e. The smallest absolute Gasteiger partial charge is 0.254 e. The minimum atomic E-state index is -2.28. The van der Waals surface area contributed by atoms with Crippen LogP contribution in [0, 0.1) is 6.92 Å². The average Bonchev–Trinajstić information content (AvgIpc) is 2.73. The monoisotopic (exact) mass is 462 g/mol. The molecular weight excluding hydrogens is 443 g/mol. The number of halogens is 2. The topological polar surface area (TPSA) is 132 Å². The quantitative estimate of drug-likeness (QED) is 0.196. The summed E-state index contributed by atoms with van der Waals surface area (Å²) < 4.78 is 0. The summed E-state index contributed by atoms with van der Waals surface area (Å²) >= 11 is 12.6. The molecule has 1 amide bonds. The Morgan fingerprint density at radius 2 is 1.94 bits per heavy atom. The number of amides is 1. The highest BCUT2D eigenvalue weighted by Crippen LogP contribution is 2.34. The molecule has 3 rings (SSSR count). The molecule has 0 aliphatic carbocycles. The van der Waals surface area contributed by atoms with Crippen LogP contribution in [0.1, 0.15) is 21.6 Å². The highest BCUT2D eigenvalue weighted by Gasteiger charge is 2.32. The second-order valence-corrected chi connectivity index (χ2v) is 7.38. The van der Waals surface area contributed by atoms with E-state index in [2.05, 4.69) is 30.9 Å². The van der Waals surface area contributed by atoms with E-state index in [0.717, 1.165) is 0 Å². The van der Waals surface area contributed by atoms with Crippen molar-refractivity contribution in [1.29, 1.82) is 0 Å². The highest BCUT2D eigenvalue weighted by atomic mass is 35.5. The standard InChI is InChI=1S/C20H20Cl2N6O3/c1-12-11-15(27-19(25-12)24-9-10-29)26-17-16(21)14(7-8-23-17)20(22,31)28-18(30)13-5-3-2-4-6-13/h2-8,11,29,31H,9-10H2,1H3,(H,28,30)(H2,23,24,25,26,27). The molecular formula is C20H20Cl2N6O3. The van der Waals surface area contributed by atoms with Crippen LogP contribution in [0.25, 0.3) is 0 Å². The Labute approximate surface area is 188 Å². The molecule has 1 atom stereocenters. The first-order chi connectivity index (χ1) is 14.8. The predicted octanol–water partition coefficient (Wildman–Crippen LogP) is 2.75. The first-order valence-electron chi connectivity index (χ1n) is 9.21. The van der Waals surface area contributed by atoms with E-state index in [0.29, 0.717) is 23.0 Å². The largest absolute Gasteiger partial charge is 0.395 e. The van der Waals surface area contributed by atoms with Gasteiger partial charge in [0.25, 0.3) is 5.91 Å². The summed E-state index contributed by atoms with van der Waals surface area (Å²) in [5.74, 6) is 0.281. The van der Waals surface area contributed by atoms with Gasteiger partial charge in [0, 0.05) is 35.6 Å². The lowest BCUT2D eigenvalue weighted by Crippen LogP contribution is -2.41. The maximum absolute atomic E-state index is 12.4. The zero-order valence-corrected chi connectivity index (χ0v) is 17.9. The van der Waals surface area contributed by atoms with Crippen LogP contribution in [0.15, 0.2) is 48.7 Å². The number of aliphatic hydroxyl groups excluding tert-OH is 1. The lowest BCUT2D eigenvalue weighted by Gasteiger charge is -2.24. The van der Waals surface area contributed by atoms with Gasteiger partial charge in [-0.2, -0.15) is 4.98 Å². The van der Waals surface area contributed by atoms with Crippen molar-refractivity contribution in [2.45, 2.75) is 12.1 Å². The second kappa shape index (κ2) is 9.88. The number of aryl methyl sites for hydroxylation is 1. The number of hydrogen-bond acceptors (Lipinski definition) is 8. The number of hydrogen-bond donors (Lipinski definition) is 5. The Morgan fingerprint density at radius 3 is 2.65 bits per heavy atom. The highest BCUT2D eigenvalue weighted by molar-refractivity contribution is 6.35. The summed E-state index contributed by atoms with van der Waals surface area (Å²) in [4.78, 5) is 25.1. The predicted molar refractivity (Wildman–Crippen MR) is 119 cm³/mol. The number of rotatable bonds is 8. The lowest BCUT2D eigenvalue weighted by atomic mass is 10.2. The SMILES string of the molecule is Cc1cc(Nc2nccc(C(O)(Cl)NC(=O)c3ccccc3)c2Cl)nc(NCCO)n1. The molecule has 162 valence electrons. The molecule has 11 heteroatoms. The van der Waals surface area contributed by atoms with E-state index >= 15 is 0 Å². The number of aliphatic hydroxyl groups is 2. The fraction of sp³-hybridized carbons (Fsp3) is 0.200. The number of carbonyl (C=O) groups excluding carboxylic acids is 1. The third-order valence-electron chi connectivity index (χ3n) is 4.06. The molecule has 0 fully saturated rings. The summed E-state index contributed by atoms with van der Waals surface area (Å²) in [7, 11) is 0. The van der Waals surface area contributed by atoms with E-state index < -0.39 is 11.1 Å². The van der Waals surface area contributed by atoms with Gasteiger partial charge < -0.3 is 26.2 Å². The first kappa shape index (κ1) is 22.7. The van der Waals surface area contributed by atoms with Gasteiger partial charge in [0.15, 0.2) is 5.82 Å². The molecule has 2 aromatic heterocycles. The molecule has 0 aliphatic heterocycles. The molecule has 0 aliphatic rings. The van der Waals surface area contributed by atoms with Crippen molar-refractivity contribution in [3.63, 3.8) is 0 Å². The van der Waals surface area contributed by atoms with Crippen molar-refractivity contribution in [3.8, 4) is 0 Å². The second-order valence-electron chi connectivity index (χ2n) is 6.46. The fourth-order valence-corrected chi connectivity index (χ4v) is 3.25. The van der Waals surface area contributed by atoms with Crippen molar-refractivity contribution >= 4 is 46.7 Å². The van der Waals surface area contributed by atoms with Crippen molar-refractivity contribution in [2.75, 3.05) is 23.8 Å². The van der Waals surface area contributed by atoms with E-state index in [9.17, 15) is 9.90 Å². The molecule has 1 unspecified atom stereocenters. The van der Waals surface area contributed by atoms with E-state index in [-0.39, 0.29) is 29.6 Å². The summed E-state index contributed by atoms with van der Waals surface area (Å²) in [6.45, 7) is 2.00. The molecule has 1 aromatic carbocycles. The van der Waals surface area contributed by atoms with Crippen molar-refractivity contribution in [3.05, 3.63) is 70.5 Å². The molecule has 5 N–H and O–H groups in total. The number of alkyl halides is 1. The molecule has 0 bridgehead atoms. The van der Waals surface area contributed by atoms with Crippen LogP contribution in [0.5, 0.6) is 0 Å². The van der Waals surface area contributed by atoms with Gasteiger partial charge in [0.2, 0.25) is 11.1 Å². The minimum absolute atomic E-state index is 0.00510. The third-order valence-corrected chi connectivity index (χ3v) is 4.74. The molecule has 9 nitrogen and oxygen atoms in total. The number of nitrogens with one attached hydrogen (secondary N) is 3. The number of pyridine rings is 1. The van der Waals surface area contributed by atoms with Gasteiger partial charge in [-0.25, -0.2) is 9.97 Å². The van der Waals surface area contributed by atoms with Gasteiger partial charge in [0.05, 0.1) is 11.6 Å². The van der Waals surface area contributed by atoms with Crippen molar-refractivity contribution in [2.24, 2.45) is 0 Å². The van der Waals surface area contributed by atoms with E-state index in [1.807, 2.05) is 0 Å². The third kappa shape index (κ3) is 5.80. The molecule has 2 heterocycles. The number of nitrogens with zero attached hydrogens (tertiary/aromatic N) is 3. The Bertz CT molecular complexity index is 1070.